The van der Waals surface area contributed by atoms with E-state index in [4.69, 9.17) is 0 Å². The van der Waals surface area contributed by atoms with Crippen LogP contribution in [0.5, 0.6) is 0 Å². The molecule has 1 heteroatoms. The molecule has 0 amide bonds. The molecule has 0 heterocycles. The molecule has 1 nitrogen and oxygen atoms in total. The minimum atomic E-state index is 0.287. The lowest BCUT2D eigenvalue weighted by Gasteiger charge is -2.33. The highest BCUT2D eigenvalue weighted by Gasteiger charge is 2.32. The Balaban J connectivity index is 2.16. The SMILES string of the molecule is CC1C=CC2C(=O)CCCC2C1. The molecule has 3 atom stereocenters. The smallest absolute Gasteiger partial charge is 0.139 e. The van der Waals surface area contributed by atoms with Crippen molar-refractivity contribution >= 4 is 5.78 Å². The first-order valence-corrected chi connectivity index (χ1v) is 4.98. The van der Waals surface area contributed by atoms with Gasteiger partial charge in [-0.15, -0.1) is 0 Å². The highest BCUT2D eigenvalue weighted by molar-refractivity contribution is 5.83. The first-order valence-electron chi connectivity index (χ1n) is 4.98. The largest absolute Gasteiger partial charge is 0.299 e. The molecule has 0 saturated heterocycles. The van der Waals surface area contributed by atoms with Crippen LogP contribution < -0.4 is 0 Å². The molecule has 2 aliphatic carbocycles. The van der Waals surface area contributed by atoms with E-state index >= 15 is 0 Å². The Labute approximate surface area is 73.8 Å². The van der Waals surface area contributed by atoms with Gasteiger partial charge in [0.1, 0.15) is 5.78 Å². The summed E-state index contributed by atoms with van der Waals surface area (Å²) in [6.45, 7) is 2.24. The van der Waals surface area contributed by atoms with Crippen molar-refractivity contribution in [3.63, 3.8) is 0 Å². The summed E-state index contributed by atoms with van der Waals surface area (Å²) in [5.41, 5.74) is 0. The predicted molar refractivity (Wildman–Crippen MR) is 48.8 cm³/mol. The van der Waals surface area contributed by atoms with Crippen molar-refractivity contribution in [2.45, 2.75) is 32.6 Å². The molecule has 0 radical (unpaired) electrons. The molecule has 0 aliphatic heterocycles. The number of allylic oxidation sites excluding steroid dienone is 2. The van der Waals surface area contributed by atoms with Crippen molar-refractivity contribution in [2.24, 2.45) is 17.8 Å². The lowest BCUT2D eigenvalue weighted by atomic mass is 9.71. The fourth-order valence-electron chi connectivity index (χ4n) is 2.54. The average molecular weight is 164 g/mol. The Kier molecular flexibility index (Phi) is 2.03. The number of carbonyl (C=O) groups excluding carboxylic acids is 1. The van der Waals surface area contributed by atoms with E-state index < -0.39 is 0 Å². The second-order valence-electron chi connectivity index (χ2n) is 4.24. The average Bonchev–Trinajstić information content (AvgIpc) is 2.04. The quantitative estimate of drug-likeness (QED) is 0.503. The predicted octanol–water partition coefficient (Wildman–Crippen LogP) is 2.57. The van der Waals surface area contributed by atoms with Crippen molar-refractivity contribution in [3.05, 3.63) is 12.2 Å². The molecule has 2 rings (SSSR count). The van der Waals surface area contributed by atoms with E-state index in [2.05, 4.69) is 19.1 Å². The molecule has 1 saturated carbocycles. The molecule has 0 bridgehead atoms. The summed E-state index contributed by atoms with van der Waals surface area (Å²) in [7, 11) is 0. The second-order valence-corrected chi connectivity index (χ2v) is 4.24. The normalized spacial score (nSPS) is 41.1. The van der Waals surface area contributed by atoms with Gasteiger partial charge in [-0.25, -0.2) is 0 Å². The number of hydrogen-bond donors (Lipinski definition) is 0. The number of hydrogen-bond acceptors (Lipinski definition) is 1. The summed E-state index contributed by atoms with van der Waals surface area (Å²) < 4.78 is 0. The van der Waals surface area contributed by atoms with Crippen molar-refractivity contribution in [1.29, 1.82) is 0 Å². The number of Topliss-reactive ketones (excluding diaryl/α,β-unsaturated/α-hetero) is 1. The van der Waals surface area contributed by atoms with E-state index in [0.717, 1.165) is 12.8 Å². The molecule has 0 N–H and O–H groups in total. The molecule has 2 aliphatic rings. The van der Waals surface area contributed by atoms with Crippen molar-refractivity contribution < 1.29 is 4.79 Å². The fourth-order valence-corrected chi connectivity index (χ4v) is 2.54. The Bertz CT molecular complexity index is 217. The first-order chi connectivity index (χ1) is 5.77. The lowest BCUT2D eigenvalue weighted by molar-refractivity contribution is -0.125. The van der Waals surface area contributed by atoms with Gasteiger partial charge in [0.15, 0.2) is 0 Å². The number of ketones is 1. The Morgan fingerprint density at radius 1 is 1.42 bits per heavy atom. The van der Waals surface area contributed by atoms with Crippen LogP contribution in [0.15, 0.2) is 12.2 Å². The van der Waals surface area contributed by atoms with Gasteiger partial charge in [0, 0.05) is 12.3 Å². The minimum Gasteiger partial charge on any atom is -0.299 e. The van der Waals surface area contributed by atoms with Gasteiger partial charge in [0.2, 0.25) is 0 Å². The second kappa shape index (κ2) is 3.04. The molecular formula is C11H16O. The summed E-state index contributed by atoms with van der Waals surface area (Å²) in [5, 5.41) is 0. The zero-order chi connectivity index (χ0) is 8.55. The zero-order valence-electron chi connectivity index (χ0n) is 7.62. The van der Waals surface area contributed by atoms with Crippen molar-refractivity contribution in [2.75, 3.05) is 0 Å². The standard InChI is InChI=1S/C11H16O/c1-8-5-6-10-9(7-8)3-2-4-11(10)12/h5-6,8-10H,2-4,7H2,1H3. The molecule has 0 aromatic rings. The molecule has 0 spiro atoms. The van der Waals surface area contributed by atoms with E-state index in [1.807, 2.05) is 0 Å². The Hall–Kier alpha value is -0.590. The van der Waals surface area contributed by atoms with Gasteiger partial charge in [-0.1, -0.05) is 19.1 Å². The van der Waals surface area contributed by atoms with Gasteiger partial charge in [-0.05, 0) is 31.1 Å². The van der Waals surface area contributed by atoms with E-state index in [1.54, 1.807) is 0 Å². The third-order valence-corrected chi connectivity index (χ3v) is 3.20. The topological polar surface area (TPSA) is 17.1 Å². The fraction of sp³-hybridized carbons (Fsp3) is 0.727. The van der Waals surface area contributed by atoms with E-state index in [9.17, 15) is 4.79 Å². The maximum atomic E-state index is 11.5. The van der Waals surface area contributed by atoms with Gasteiger partial charge in [-0.3, -0.25) is 4.79 Å². The van der Waals surface area contributed by atoms with Gasteiger partial charge in [0.25, 0.3) is 0 Å². The summed E-state index contributed by atoms with van der Waals surface area (Å²) in [5.74, 6) is 2.13. The van der Waals surface area contributed by atoms with E-state index in [0.29, 0.717) is 17.6 Å². The molecule has 66 valence electrons. The zero-order valence-corrected chi connectivity index (χ0v) is 7.62. The molecule has 12 heavy (non-hydrogen) atoms. The van der Waals surface area contributed by atoms with Crippen LogP contribution in [0.2, 0.25) is 0 Å². The number of fused-ring (bicyclic) bond motifs is 1. The molecular weight excluding hydrogens is 148 g/mol. The molecule has 1 fully saturated rings. The summed E-state index contributed by atoms with van der Waals surface area (Å²) >= 11 is 0. The third-order valence-electron chi connectivity index (χ3n) is 3.20. The van der Waals surface area contributed by atoms with Gasteiger partial charge < -0.3 is 0 Å². The number of carbonyl (C=O) groups is 1. The number of rotatable bonds is 0. The van der Waals surface area contributed by atoms with Crippen LogP contribution in [-0.2, 0) is 4.79 Å². The first kappa shape index (κ1) is 8.03. The maximum absolute atomic E-state index is 11.5. The third kappa shape index (κ3) is 1.33. The summed E-state index contributed by atoms with van der Waals surface area (Å²) in [6, 6.07) is 0. The molecule has 0 aromatic heterocycles. The van der Waals surface area contributed by atoms with Crippen LogP contribution in [0.3, 0.4) is 0 Å². The van der Waals surface area contributed by atoms with Crippen LogP contribution in [0.1, 0.15) is 32.6 Å². The van der Waals surface area contributed by atoms with Crippen LogP contribution in [0, 0.1) is 17.8 Å². The Morgan fingerprint density at radius 2 is 2.25 bits per heavy atom. The van der Waals surface area contributed by atoms with Gasteiger partial charge in [0.05, 0.1) is 0 Å². The minimum absolute atomic E-state index is 0.287. The van der Waals surface area contributed by atoms with Crippen molar-refractivity contribution in [3.8, 4) is 0 Å². The highest BCUT2D eigenvalue weighted by atomic mass is 16.1. The molecule has 0 aromatic carbocycles. The van der Waals surface area contributed by atoms with Gasteiger partial charge >= 0.3 is 0 Å². The Morgan fingerprint density at radius 3 is 3.08 bits per heavy atom. The van der Waals surface area contributed by atoms with Crippen LogP contribution in [0.25, 0.3) is 0 Å². The maximum Gasteiger partial charge on any atom is 0.139 e. The van der Waals surface area contributed by atoms with Crippen molar-refractivity contribution in [1.82, 2.24) is 0 Å². The molecule has 3 unspecified atom stereocenters. The monoisotopic (exact) mass is 164 g/mol. The highest BCUT2D eigenvalue weighted by Crippen LogP contribution is 2.36. The van der Waals surface area contributed by atoms with Crippen LogP contribution in [0.4, 0.5) is 0 Å². The van der Waals surface area contributed by atoms with Crippen LogP contribution >= 0.6 is 0 Å². The summed E-state index contributed by atoms with van der Waals surface area (Å²) in [6.07, 6.45) is 8.81. The van der Waals surface area contributed by atoms with Crippen LogP contribution in [-0.4, -0.2) is 5.78 Å². The van der Waals surface area contributed by atoms with E-state index in [1.165, 1.54) is 12.8 Å². The lowest BCUT2D eigenvalue weighted by Crippen LogP contribution is -2.30. The van der Waals surface area contributed by atoms with Gasteiger partial charge in [-0.2, -0.15) is 0 Å². The van der Waals surface area contributed by atoms with E-state index in [-0.39, 0.29) is 5.92 Å². The summed E-state index contributed by atoms with van der Waals surface area (Å²) in [4.78, 5) is 11.5.